The van der Waals surface area contributed by atoms with Crippen LogP contribution in [0.1, 0.15) is 16.8 Å². The summed E-state index contributed by atoms with van der Waals surface area (Å²) < 4.78 is 6.99. The average molecular weight is 418 g/mol. The zero-order valence-electron chi connectivity index (χ0n) is 16.1. The van der Waals surface area contributed by atoms with Crippen LogP contribution in [0.4, 0.5) is 0 Å². The van der Waals surface area contributed by atoms with Gasteiger partial charge in [-0.1, -0.05) is 17.8 Å². The van der Waals surface area contributed by atoms with Crippen molar-refractivity contribution >= 4 is 29.4 Å². The van der Waals surface area contributed by atoms with Gasteiger partial charge >= 0.3 is 0 Å². The number of aryl methyl sites for hydroxylation is 3. The molecule has 2 aliphatic rings. The minimum Gasteiger partial charge on any atom is -0.378 e. The summed E-state index contributed by atoms with van der Waals surface area (Å²) in [5.74, 6) is 1.21. The van der Waals surface area contributed by atoms with Crippen LogP contribution >= 0.6 is 23.5 Å². The first-order chi connectivity index (χ1) is 13.5. The highest BCUT2D eigenvalue weighted by Crippen LogP contribution is 2.30. The summed E-state index contributed by atoms with van der Waals surface area (Å²) in [7, 11) is 0. The lowest BCUT2D eigenvalue weighted by Gasteiger charge is -2.26. The molecule has 1 aromatic carbocycles. The van der Waals surface area contributed by atoms with Gasteiger partial charge in [0.25, 0.3) is 5.56 Å². The SMILES string of the molecule is Cc1cc(C)cc(-n2c(SCC(=O)N3CCOCC3)nc3c(c2=O)SCC3)c1. The van der Waals surface area contributed by atoms with E-state index in [2.05, 4.69) is 6.07 Å². The van der Waals surface area contributed by atoms with Crippen molar-refractivity contribution in [3.8, 4) is 5.69 Å². The summed E-state index contributed by atoms with van der Waals surface area (Å²) in [4.78, 5) is 33.1. The number of aromatic nitrogens is 2. The quantitative estimate of drug-likeness (QED) is 0.562. The molecule has 2 aromatic rings. The van der Waals surface area contributed by atoms with Crippen molar-refractivity contribution in [3.63, 3.8) is 0 Å². The molecule has 8 heteroatoms. The Labute approximate surface area is 172 Å². The molecule has 148 valence electrons. The molecule has 1 saturated heterocycles. The number of amides is 1. The Kier molecular flexibility index (Phi) is 5.80. The van der Waals surface area contributed by atoms with Crippen molar-refractivity contribution in [2.75, 3.05) is 37.8 Å². The average Bonchev–Trinajstić information content (AvgIpc) is 3.15. The number of benzene rings is 1. The number of ether oxygens (including phenoxy) is 1. The molecule has 0 N–H and O–H groups in total. The molecule has 4 rings (SSSR count). The van der Waals surface area contributed by atoms with Crippen molar-refractivity contribution in [2.24, 2.45) is 0 Å². The Morgan fingerprint density at radius 3 is 2.64 bits per heavy atom. The molecule has 1 amide bonds. The third kappa shape index (κ3) is 3.99. The summed E-state index contributed by atoms with van der Waals surface area (Å²) in [5, 5.41) is 0.595. The second kappa shape index (κ2) is 8.31. The van der Waals surface area contributed by atoms with Crippen molar-refractivity contribution in [1.29, 1.82) is 0 Å². The van der Waals surface area contributed by atoms with Crippen LogP contribution < -0.4 is 5.56 Å². The summed E-state index contributed by atoms with van der Waals surface area (Å²) >= 11 is 2.92. The van der Waals surface area contributed by atoms with E-state index in [1.54, 1.807) is 16.3 Å². The predicted octanol–water partition coefficient (Wildman–Crippen LogP) is 2.45. The minimum atomic E-state index is -0.0289. The number of rotatable bonds is 4. The number of carbonyl (C=O) groups excluding carboxylic acids is 1. The second-order valence-electron chi connectivity index (χ2n) is 7.04. The summed E-state index contributed by atoms with van der Waals surface area (Å²) in [6.45, 7) is 6.45. The third-order valence-electron chi connectivity index (χ3n) is 4.82. The molecule has 0 atom stereocenters. The number of carbonyl (C=O) groups is 1. The zero-order valence-corrected chi connectivity index (χ0v) is 17.7. The zero-order chi connectivity index (χ0) is 19.7. The Morgan fingerprint density at radius 1 is 1.21 bits per heavy atom. The molecule has 0 spiro atoms. The van der Waals surface area contributed by atoms with E-state index in [0.29, 0.717) is 31.5 Å². The lowest BCUT2D eigenvalue weighted by molar-refractivity contribution is -0.132. The molecule has 28 heavy (non-hydrogen) atoms. The van der Waals surface area contributed by atoms with E-state index >= 15 is 0 Å². The lowest BCUT2D eigenvalue weighted by atomic mass is 10.1. The molecule has 3 heterocycles. The molecule has 6 nitrogen and oxygen atoms in total. The topological polar surface area (TPSA) is 64.4 Å². The molecule has 0 unspecified atom stereocenters. The fourth-order valence-electron chi connectivity index (χ4n) is 3.53. The van der Waals surface area contributed by atoms with Gasteiger partial charge in [-0.15, -0.1) is 11.8 Å². The van der Waals surface area contributed by atoms with Gasteiger partial charge in [-0.25, -0.2) is 4.98 Å². The number of hydrogen-bond acceptors (Lipinski definition) is 6. The van der Waals surface area contributed by atoms with Crippen LogP contribution in [0.2, 0.25) is 0 Å². The van der Waals surface area contributed by atoms with E-state index in [-0.39, 0.29) is 17.2 Å². The molecule has 1 fully saturated rings. The standard InChI is InChI=1S/C20H23N3O3S2/c1-13-9-14(2)11-15(10-13)23-19(25)18-16(3-8-27-18)21-20(23)28-12-17(24)22-4-6-26-7-5-22/h9-11H,3-8,12H2,1-2H3. The van der Waals surface area contributed by atoms with Gasteiger partial charge in [0.2, 0.25) is 5.91 Å². The normalized spacial score (nSPS) is 16.3. The maximum Gasteiger partial charge on any atom is 0.272 e. The van der Waals surface area contributed by atoms with Crippen LogP contribution in [0.15, 0.2) is 33.0 Å². The van der Waals surface area contributed by atoms with Gasteiger partial charge in [-0.3, -0.25) is 14.2 Å². The maximum absolute atomic E-state index is 13.2. The van der Waals surface area contributed by atoms with E-state index in [1.807, 2.05) is 30.9 Å². The van der Waals surface area contributed by atoms with Gasteiger partial charge in [0.05, 0.1) is 35.2 Å². The molecular formula is C20H23N3O3S2. The largest absolute Gasteiger partial charge is 0.378 e. The first-order valence-electron chi connectivity index (χ1n) is 9.38. The highest BCUT2D eigenvalue weighted by atomic mass is 32.2. The van der Waals surface area contributed by atoms with Crippen LogP contribution in [0, 0.1) is 13.8 Å². The summed E-state index contributed by atoms with van der Waals surface area (Å²) in [6.07, 6.45) is 0.799. The van der Waals surface area contributed by atoms with Gasteiger partial charge in [0.15, 0.2) is 5.16 Å². The van der Waals surface area contributed by atoms with Gasteiger partial charge in [-0.05, 0) is 37.1 Å². The van der Waals surface area contributed by atoms with E-state index in [9.17, 15) is 9.59 Å². The van der Waals surface area contributed by atoms with Gasteiger partial charge in [-0.2, -0.15) is 0 Å². The first-order valence-corrected chi connectivity index (χ1v) is 11.4. The Balaban J connectivity index is 1.68. The molecule has 0 bridgehead atoms. The summed E-state index contributed by atoms with van der Waals surface area (Å²) in [6, 6.07) is 6.07. The van der Waals surface area contributed by atoms with Gasteiger partial charge < -0.3 is 9.64 Å². The molecular weight excluding hydrogens is 394 g/mol. The summed E-state index contributed by atoms with van der Waals surface area (Å²) in [5.41, 5.74) is 3.83. The van der Waals surface area contributed by atoms with Crippen LogP contribution in [0.25, 0.3) is 5.69 Å². The van der Waals surface area contributed by atoms with Crippen LogP contribution in [-0.2, 0) is 16.0 Å². The monoisotopic (exact) mass is 417 g/mol. The van der Waals surface area contributed by atoms with Crippen LogP contribution in [0.3, 0.4) is 0 Å². The second-order valence-corrected chi connectivity index (χ2v) is 9.08. The van der Waals surface area contributed by atoms with E-state index in [4.69, 9.17) is 9.72 Å². The number of thioether (sulfide) groups is 2. The van der Waals surface area contributed by atoms with E-state index in [1.165, 1.54) is 11.8 Å². The minimum absolute atomic E-state index is 0.0289. The number of hydrogen-bond donors (Lipinski definition) is 0. The molecule has 0 radical (unpaired) electrons. The van der Waals surface area contributed by atoms with Crippen molar-refractivity contribution in [3.05, 3.63) is 45.4 Å². The molecule has 2 aliphatic heterocycles. The van der Waals surface area contributed by atoms with Crippen molar-refractivity contribution in [1.82, 2.24) is 14.5 Å². The highest BCUT2D eigenvalue weighted by Gasteiger charge is 2.24. The third-order valence-corrected chi connectivity index (χ3v) is 6.85. The fourth-order valence-corrected chi connectivity index (χ4v) is 5.48. The number of fused-ring (bicyclic) bond motifs is 1. The molecule has 0 aliphatic carbocycles. The van der Waals surface area contributed by atoms with Crippen LogP contribution in [0.5, 0.6) is 0 Å². The van der Waals surface area contributed by atoms with E-state index in [0.717, 1.165) is 39.6 Å². The van der Waals surface area contributed by atoms with E-state index < -0.39 is 0 Å². The Hall–Kier alpha value is -1.77. The van der Waals surface area contributed by atoms with Crippen LogP contribution in [-0.4, -0.2) is 58.2 Å². The smallest absolute Gasteiger partial charge is 0.272 e. The highest BCUT2D eigenvalue weighted by molar-refractivity contribution is 8.00. The van der Waals surface area contributed by atoms with Gasteiger partial charge in [0.1, 0.15) is 0 Å². The van der Waals surface area contributed by atoms with Crippen molar-refractivity contribution < 1.29 is 9.53 Å². The van der Waals surface area contributed by atoms with Crippen molar-refractivity contribution in [2.45, 2.75) is 30.3 Å². The Bertz CT molecular complexity index is 948. The number of nitrogens with zero attached hydrogens (tertiary/aromatic N) is 3. The lowest BCUT2D eigenvalue weighted by Crippen LogP contribution is -2.41. The predicted molar refractivity (Wildman–Crippen MR) is 112 cm³/mol. The van der Waals surface area contributed by atoms with Gasteiger partial charge in [0, 0.05) is 25.3 Å². The fraction of sp³-hybridized carbons (Fsp3) is 0.450. The molecule has 1 aromatic heterocycles. The first kappa shape index (κ1) is 19.5. The maximum atomic E-state index is 13.2. The Morgan fingerprint density at radius 2 is 1.93 bits per heavy atom. The molecule has 0 saturated carbocycles. The number of morpholine rings is 1.